The number of aliphatic hydroxyl groups excluding tert-OH is 1. The summed E-state index contributed by atoms with van der Waals surface area (Å²) in [4.78, 5) is 0. The number of hydrogen-bond donors (Lipinski definition) is 1. The van der Waals surface area contributed by atoms with Crippen molar-refractivity contribution >= 4 is 8.07 Å². The third kappa shape index (κ3) is 2.33. The maximum absolute atomic E-state index is 9.25. The molecule has 0 aliphatic heterocycles. The molecule has 0 aromatic heterocycles. The summed E-state index contributed by atoms with van der Waals surface area (Å²) in [7, 11) is -1.00. The standard InChI is InChI=1S/C10H22OSi/c1-12(2,3)10-7-5-4-6-9(10)8-11/h9-11H,4-8H2,1-3H3. The first-order chi connectivity index (χ1) is 5.55. The van der Waals surface area contributed by atoms with Crippen molar-refractivity contribution in [3.8, 4) is 0 Å². The first-order valence-corrected chi connectivity index (χ1v) is 8.74. The SMILES string of the molecule is C[Si](C)(C)C1CCCCC1CO. The molecule has 0 aromatic carbocycles. The van der Waals surface area contributed by atoms with E-state index in [1.54, 1.807) is 0 Å². The van der Waals surface area contributed by atoms with Gasteiger partial charge in [0.05, 0.1) is 0 Å². The zero-order valence-electron chi connectivity index (χ0n) is 8.64. The van der Waals surface area contributed by atoms with Crippen LogP contribution in [-0.4, -0.2) is 19.8 Å². The predicted molar refractivity (Wildman–Crippen MR) is 56.1 cm³/mol. The number of hydrogen-bond acceptors (Lipinski definition) is 1. The maximum atomic E-state index is 9.25. The van der Waals surface area contributed by atoms with E-state index < -0.39 is 8.07 Å². The van der Waals surface area contributed by atoms with Crippen LogP contribution in [0.15, 0.2) is 0 Å². The maximum Gasteiger partial charge on any atom is 0.0477 e. The molecule has 1 N–H and O–H groups in total. The summed E-state index contributed by atoms with van der Waals surface area (Å²) in [6, 6.07) is 0. The molecule has 0 amide bonds. The third-order valence-electron chi connectivity index (χ3n) is 3.26. The van der Waals surface area contributed by atoms with Gasteiger partial charge in [-0.15, -0.1) is 0 Å². The highest BCUT2D eigenvalue weighted by Gasteiger charge is 2.34. The van der Waals surface area contributed by atoms with Gasteiger partial charge in [-0.2, -0.15) is 0 Å². The van der Waals surface area contributed by atoms with Crippen LogP contribution in [0.3, 0.4) is 0 Å². The van der Waals surface area contributed by atoms with Crippen molar-refractivity contribution in [2.45, 2.75) is 50.9 Å². The molecule has 12 heavy (non-hydrogen) atoms. The average molecular weight is 186 g/mol. The summed E-state index contributed by atoms with van der Waals surface area (Å²) in [5, 5.41) is 9.25. The van der Waals surface area contributed by atoms with E-state index in [0.717, 1.165) is 5.54 Å². The highest BCUT2D eigenvalue weighted by atomic mass is 28.3. The van der Waals surface area contributed by atoms with E-state index in [-0.39, 0.29) is 0 Å². The second kappa shape index (κ2) is 3.92. The van der Waals surface area contributed by atoms with Crippen LogP contribution in [-0.2, 0) is 0 Å². The van der Waals surface area contributed by atoms with Gasteiger partial charge in [0.25, 0.3) is 0 Å². The molecule has 0 spiro atoms. The smallest absolute Gasteiger partial charge is 0.0477 e. The number of rotatable bonds is 2. The zero-order chi connectivity index (χ0) is 9.19. The quantitative estimate of drug-likeness (QED) is 0.658. The predicted octanol–water partition coefficient (Wildman–Crippen LogP) is 2.88. The van der Waals surface area contributed by atoms with Crippen molar-refractivity contribution in [2.24, 2.45) is 5.92 Å². The Morgan fingerprint density at radius 3 is 2.17 bits per heavy atom. The minimum Gasteiger partial charge on any atom is -0.396 e. The molecule has 0 bridgehead atoms. The topological polar surface area (TPSA) is 20.2 Å². The van der Waals surface area contributed by atoms with Crippen molar-refractivity contribution in [1.82, 2.24) is 0 Å². The van der Waals surface area contributed by atoms with Crippen LogP contribution >= 0.6 is 0 Å². The molecular formula is C10H22OSi. The fraction of sp³-hybridized carbons (Fsp3) is 1.00. The molecule has 0 radical (unpaired) electrons. The molecular weight excluding hydrogens is 164 g/mol. The molecule has 1 saturated carbocycles. The molecule has 1 nitrogen and oxygen atoms in total. The zero-order valence-corrected chi connectivity index (χ0v) is 9.64. The Bertz CT molecular complexity index is 139. The van der Waals surface area contributed by atoms with Crippen LogP contribution in [0.1, 0.15) is 25.7 Å². The fourth-order valence-electron chi connectivity index (χ4n) is 2.57. The first-order valence-electron chi connectivity index (χ1n) is 5.16. The lowest BCUT2D eigenvalue weighted by molar-refractivity contribution is 0.187. The Labute approximate surface area is 77.2 Å². The van der Waals surface area contributed by atoms with E-state index in [1.165, 1.54) is 25.7 Å². The van der Waals surface area contributed by atoms with Crippen molar-refractivity contribution in [1.29, 1.82) is 0 Å². The lowest BCUT2D eigenvalue weighted by Crippen LogP contribution is -2.36. The van der Waals surface area contributed by atoms with Gasteiger partial charge in [-0.25, -0.2) is 0 Å². The Morgan fingerprint density at radius 1 is 1.17 bits per heavy atom. The van der Waals surface area contributed by atoms with E-state index in [2.05, 4.69) is 19.6 Å². The normalized spacial score (nSPS) is 32.0. The van der Waals surface area contributed by atoms with Crippen LogP contribution < -0.4 is 0 Å². The van der Waals surface area contributed by atoms with Gasteiger partial charge in [0, 0.05) is 14.7 Å². The van der Waals surface area contributed by atoms with Crippen LogP contribution in [0.5, 0.6) is 0 Å². The average Bonchev–Trinajstić information content (AvgIpc) is 2.03. The molecule has 1 aliphatic carbocycles. The Hall–Kier alpha value is 0.177. The van der Waals surface area contributed by atoms with Gasteiger partial charge in [0.15, 0.2) is 0 Å². The molecule has 2 heteroatoms. The minimum absolute atomic E-state index is 0.426. The molecule has 2 atom stereocenters. The largest absolute Gasteiger partial charge is 0.396 e. The molecule has 1 aliphatic rings. The lowest BCUT2D eigenvalue weighted by atomic mass is 9.89. The third-order valence-corrected chi connectivity index (χ3v) is 6.24. The fourth-order valence-corrected chi connectivity index (χ4v) is 5.32. The second-order valence-corrected chi connectivity index (χ2v) is 10.7. The van der Waals surface area contributed by atoms with E-state index >= 15 is 0 Å². The van der Waals surface area contributed by atoms with Gasteiger partial charge in [-0.05, 0) is 17.9 Å². The molecule has 0 heterocycles. The molecule has 2 unspecified atom stereocenters. The summed E-state index contributed by atoms with van der Waals surface area (Å²) in [6.45, 7) is 7.73. The highest BCUT2D eigenvalue weighted by molar-refractivity contribution is 6.77. The van der Waals surface area contributed by atoms with Crippen LogP contribution in [0, 0.1) is 5.92 Å². The lowest BCUT2D eigenvalue weighted by Gasteiger charge is -2.38. The summed E-state index contributed by atoms with van der Waals surface area (Å²) >= 11 is 0. The van der Waals surface area contributed by atoms with E-state index in [9.17, 15) is 5.11 Å². The Balaban J connectivity index is 2.59. The van der Waals surface area contributed by atoms with Crippen molar-refractivity contribution in [2.75, 3.05) is 6.61 Å². The molecule has 0 saturated heterocycles. The monoisotopic (exact) mass is 186 g/mol. The molecule has 1 rings (SSSR count). The van der Waals surface area contributed by atoms with Crippen molar-refractivity contribution in [3.05, 3.63) is 0 Å². The Morgan fingerprint density at radius 2 is 1.75 bits per heavy atom. The highest BCUT2D eigenvalue weighted by Crippen LogP contribution is 2.41. The van der Waals surface area contributed by atoms with E-state index in [1.807, 2.05) is 0 Å². The van der Waals surface area contributed by atoms with E-state index in [0.29, 0.717) is 12.5 Å². The molecule has 72 valence electrons. The Kier molecular flexibility index (Phi) is 3.35. The van der Waals surface area contributed by atoms with Crippen molar-refractivity contribution in [3.63, 3.8) is 0 Å². The van der Waals surface area contributed by atoms with Crippen LogP contribution in [0.4, 0.5) is 0 Å². The van der Waals surface area contributed by atoms with Crippen LogP contribution in [0.25, 0.3) is 0 Å². The van der Waals surface area contributed by atoms with E-state index in [4.69, 9.17) is 0 Å². The summed E-state index contributed by atoms with van der Waals surface area (Å²) in [6.07, 6.45) is 5.38. The first kappa shape index (κ1) is 10.3. The van der Waals surface area contributed by atoms with Gasteiger partial charge in [-0.3, -0.25) is 0 Å². The summed E-state index contributed by atoms with van der Waals surface area (Å²) in [5.41, 5.74) is 0.872. The van der Waals surface area contributed by atoms with Gasteiger partial charge in [-0.1, -0.05) is 38.9 Å². The molecule has 0 aromatic rings. The van der Waals surface area contributed by atoms with Gasteiger partial charge < -0.3 is 5.11 Å². The number of aliphatic hydroxyl groups is 1. The summed E-state index contributed by atoms with van der Waals surface area (Å²) in [5.74, 6) is 0.630. The minimum atomic E-state index is -1.00. The second-order valence-electron chi connectivity index (χ2n) is 5.20. The summed E-state index contributed by atoms with van der Waals surface area (Å²) < 4.78 is 0. The van der Waals surface area contributed by atoms with Gasteiger partial charge >= 0.3 is 0 Å². The van der Waals surface area contributed by atoms with Crippen LogP contribution in [0.2, 0.25) is 25.2 Å². The van der Waals surface area contributed by atoms with Crippen molar-refractivity contribution < 1.29 is 5.11 Å². The van der Waals surface area contributed by atoms with Gasteiger partial charge in [0.1, 0.15) is 0 Å². The van der Waals surface area contributed by atoms with Gasteiger partial charge in [0.2, 0.25) is 0 Å². The molecule has 1 fully saturated rings.